The number of rotatable bonds is 85. The Balaban J connectivity index is 5.20. The van der Waals surface area contributed by atoms with Gasteiger partial charge in [0.1, 0.15) is 19.3 Å². The minimum Gasteiger partial charge on any atom is -0.462 e. The second kappa shape index (κ2) is 77.4. The Morgan fingerprint density at radius 1 is 0.276 bits per heavy atom. The molecule has 0 saturated heterocycles. The van der Waals surface area contributed by atoms with Crippen LogP contribution in [0.5, 0.6) is 0 Å². The summed E-state index contributed by atoms with van der Waals surface area (Å²) in [6, 6.07) is 0. The molecule has 6 atom stereocenters. The van der Waals surface area contributed by atoms with Gasteiger partial charge in [0.2, 0.25) is 0 Å². The van der Waals surface area contributed by atoms with Gasteiger partial charge in [-0.1, -0.05) is 408 Å². The number of unbranched alkanes of at least 4 members (excludes halogenated alkanes) is 54. The van der Waals surface area contributed by atoms with E-state index in [1.165, 1.54) is 276 Å². The van der Waals surface area contributed by atoms with Gasteiger partial charge in [-0.15, -0.1) is 0 Å². The fraction of sp³-hybridized carbons (Fsp3) is 0.953. The highest BCUT2D eigenvalue weighted by molar-refractivity contribution is 7.47. The van der Waals surface area contributed by atoms with Crippen LogP contribution in [0.4, 0.5) is 0 Å². The third-order valence-corrected chi connectivity index (χ3v) is 22.5. The lowest BCUT2D eigenvalue weighted by molar-refractivity contribution is -0.161. The van der Waals surface area contributed by atoms with E-state index < -0.39 is 97.5 Å². The first-order chi connectivity index (χ1) is 50.9. The molecule has 0 aromatic carbocycles. The lowest BCUT2D eigenvalue weighted by atomic mass is 9.99. The second-order valence-electron chi connectivity index (χ2n) is 31.6. The van der Waals surface area contributed by atoms with Crippen molar-refractivity contribution in [1.29, 1.82) is 0 Å². The predicted octanol–water partition coefficient (Wildman–Crippen LogP) is 26.2. The van der Waals surface area contributed by atoms with Crippen LogP contribution in [0, 0.1) is 11.8 Å². The summed E-state index contributed by atoms with van der Waals surface area (Å²) in [5.74, 6) is -0.419. The van der Waals surface area contributed by atoms with E-state index in [0.717, 1.165) is 102 Å². The van der Waals surface area contributed by atoms with Crippen molar-refractivity contribution in [2.24, 2.45) is 11.8 Å². The Hall–Kier alpha value is -1.94. The summed E-state index contributed by atoms with van der Waals surface area (Å²) < 4.78 is 68.8. The van der Waals surface area contributed by atoms with Gasteiger partial charge in [0, 0.05) is 25.7 Å². The van der Waals surface area contributed by atoms with Crippen molar-refractivity contribution in [3.05, 3.63) is 0 Å². The Morgan fingerprint density at radius 3 is 0.724 bits per heavy atom. The zero-order valence-corrected chi connectivity index (χ0v) is 70.8. The van der Waals surface area contributed by atoms with Gasteiger partial charge in [-0.2, -0.15) is 0 Å². The highest BCUT2D eigenvalue weighted by atomic mass is 31.2. The molecule has 0 amide bonds. The standard InChI is InChI=1S/C86H168O17P2/c1-7-10-12-14-16-18-19-20-27-35-40-46-52-58-64-70-85(90)102-81(74-96-83(88)68-62-56-50-42-17-15-13-11-8-2)76-100-104(92,93)98-72-80(87)73-99-105(94,95)101-77-82(75-97-84(89)69-63-57-51-45-39-34-30-26-25-28-32-37-43-48-54-60-66-78(4)5)103-86(91)71-65-59-53-47-41-36-31-24-22-21-23-29-33-38-44-49-55-61-67-79(6)9-3/h78-82,87H,7-77H2,1-6H3,(H,92,93)(H,94,95)/t79?,80-,81+,82+/m0/s1. The van der Waals surface area contributed by atoms with Gasteiger partial charge in [0.25, 0.3) is 0 Å². The van der Waals surface area contributed by atoms with Crippen molar-refractivity contribution >= 4 is 39.5 Å². The van der Waals surface area contributed by atoms with Crippen LogP contribution >= 0.6 is 15.6 Å². The number of hydrogen-bond donors (Lipinski definition) is 3. The topological polar surface area (TPSA) is 237 Å². The molecule has 0 rings (SSSR count). The fourth-order valence-electron chi connectivity index (χ4n) is 13.4. The molecule has 0 aromatic rings. The first-order valence-electron chi connectivity index (χ1n) is 44.5. The molecule has 3 N–H and O–H groups in total. The van der Waals surface area contributed by atoms with Crippen LogP contribution < -0.4 is 0 Å². The molecule has 0 radical (unpaired) electrons. The number of phosphoric ester groups is 2. The van der Waals surface area contributed by atoms with Crippen molar-refractivity contribution in [3.63, 3.8) is 0 Å². The van der Waals surface area contributed by atoms with E-state index in [4.69, 9.17) is 37.0 Å². The maximum absolute atomic E-state index is 13.1. The number of phosphoric acid groups is 2. The van der Waals surface area contributed by atoms with Crippen LogP contribution in [-0.4, -0.2) is 96.7 Å². The summed E-state index contributed by atoms with van der Waals surface area (Å²) in [6.45, 7) is 9.76. The molecule has 17 nitrogen and oxygen atoms in total. The predicted molar refractivity (Wildman–Crippen MR) is 432 cm³/mol. The number of carbonyl (C=O) groups excluding carboxylic acids is 4. The van der Waals surface area contributed by atoms with E-state index in [9.17, 15) is 43.2 Å². The summed E-state index contributed by atoms with van der Waals surface area (Å²) in [5.41, 5.74) is 0. The monoisotopic (exact) mass is 1540 g/mol. The maximum atomic E-state index is 13.1. The van der Waals surface area contributed by atoms with Gasteiger partial charge >= 0.3 is 39.5 Å². The summed E-state index contributed by atoms with van der Waals surface area (Å²) in [4.78, 5) is 73.1. The molecular formula is C86H168O17P2. The number of esters is 4. The lowest BCUT2D eigenvalue weighted by Crippen LogP contribution is -2.30. The van der Waals surface area contributed by atoms with E-state index in [0.29, 0.717) is 25.7 Å². The largest absolute Gasteiger partial charge is 0.472 e. The average molecular weight is 1540 g/mol. The second-order valence-corrected chi connectivity index (χ2v) is 34.6. The quantitative estimate of drug-likeness (QED) is 0.0222. The molecule has 624 valence electrons. The Morgan fingerprint density at radius 2 is 0.486 bits per heavy atom. The van der Waals surface area contributed by atoms with E-state index in [1.54, 1.807) is 0 Å². The number of carbonyl (C=O) groups is 4. The third-order valence-electron chi connectivity index (χ3n) is 20.6. The van der Waals surface area contributed by atoms with Gasteiger partial charge in [-0.25, -0.2) is 9.13 Å². The highest BCUT2D eigenvalue weighted by Crippen LogP contribution is 2.45. The number of ether oxygens (including phenoxy) is 4. The Labute approximate surface area is 645 Å². The molecule has 0 aliphatic heterocycles. The van der Waals surface area contributed by atoms with Crippen LogP contribution in [0.1, 0.15) is 459 Å². The van der Waals surface area contributed by atoms with Gasteiger partial charge in [-0.05, 0) is 37.5 Å². The minimum absolute atomic E-state index is 0.108. The molecule has 0 aliphatic carbocycles. The normalized spacial score (nSPS) is 14.1. The number of aliphatic hydroxyl groups is 1. The van der Waals surface area contributed by atoms with Gasteiger partial charge < -0.3 is 33.8 Å². The molecule has 0 aliphatic rings. The first-order valence-corrected chi connectivity index (χ1v) is 47.5. The lowest BCUT2D eigenvalue weighted by Gasteiger charge is -2.21. The molecule has 0 heterocycles. The molecule has 0 saturated carbocycles. The maximum Gasteiger partial charge on any atom is 0.472 e. The van der Waals surface area contributed by atoms with Crippen molar-refractivity contribution in [2.45, 2.75) is 477 Å². The third kappa shape index (κ3) is 78.5. The van der Waals surface area contributed by atoms with Crippen LogP contribution in [-0.2, 0) is 65.4 Å². The van der Waals surface area contributed by atoms with Crippen molar-refractivity contribution in [1.82, 2.24) is 0 Å². The SMILES string of the molecule is CCCCCCCCCCCCCCCCCC(=O)O[C@H](COC(=O)CCCCCCCCCCC)COP(=O)(O)OC[C@H](O)COP(=O)(O)OC[C@@H](COC(=O)CCCCCCCCCCCCCCCCCCC(C)C)OC(=O)CCCCCCCCCCCCCCCCCCCCC(C)CC. The van der Waals surface area contributed by atoms with Gasteiger partial charge in [-0.3, -0.25) is 37.3 Å². The van der Waals surface area contributed by atoms with Crippen molar-refractivity contribution < 1.29 is 80.2 Å². The zero-order chi connectivity index (χ0) is 77.1. The van der Waals surface area contributed by atoms with Crippen molar-refractivity contribution in [2.75, 3.05) is 39.6 Å². The highest BCUT2D eigenvalue weighted by Gasteiger charge is 2.30. The van der Waals surface area contributed by atoms with E-state index >= 15 is 0 Å². The molecule has 105 heavy (non-hydrogen) atoms. The van der Waals surface area contributed by atoms with Gasteiger partial charge in [0.05, 0.1) is 26.4 Å². The van der Waals surface area contributed by atoms with E-state index in [-0.39, 0.29) is 25.7 Å². The summed E-state index contributed by atoms with van der Waals surface area (Å²) in [5, 5.41) is 10.7. The van der Waals surface area contributed by atoms with E-state index in [1.807, 2.05) is 0 Å². The summed E-state index contributed by atoms with van der Waals surface area (Å²) in [7, 11) is -9.92. The number of aliphatic hydroxyl groups excluding tert-OH is 1. The summed E-state index contributed by atoms with van der Waals surface area (Å²) >= 11 is 0. The first kappa shape index (κ1) is 103. The molecule has 0 bridgehead atoms. The molecule has 0 aromatic heterocycles. The minimum atomic E-state index is -4.97. The zero-order valence-electron chi connectivity index (χ0n) is 69.0. The average Bonchev–Trinajstić information content (AvgIpc) is 1.12. The van der Waals surface area contributed by atoms with Crippen LogP contribution in [0.25, 0.3) is 0 Å². The fourth-order valence-corrected chi connectivity index (χ4v) is 15.0. The van der Waals surface area contributed by atoms with Crippen LogP contribution in [0.15, 0.2) is 0 Å². The molecule has 3 unspecified atom stereocenters. The molecule has 0 spiro atoms. The Kier molecular flexibility index (Phi) is 76.0. The van der Waals surface area contributed by atoms with Gasteiger partial charge in [0.15, 0.2) is 12.2 Å². The molecule has 0 fully saturated rings. The molecular weight excluding hydrogens is 1370 g/mol. The Bertz CT molecular complexity index is 2010. The smallest absolute Gasteiger partial charge is 0.462 e. The number of hydrogen-bond acceptors (Lipinski definition) is 15. The van der Waals surface area contributed by atoms with Crippen LogP contribution in [0.2, 0.25) is 0 Å². The summed E-state index contributed by atoms with van der Waals surface area (Å²) in [6.07, 6.45) is 69.4. The van der Waals surface area contributed by atoms with E-state index in [2.05, 4.69) is 41.5 Å². The van der Waals surface area contributed by atoms with Crippen molar-refractivity contribution in [3.8, 4) is 0 Å². The molecule has 19 heteroatoms. The van der Waals surface area contributed by atoms with Crippen LogP contribution in [0.3, 0.4) is 0 Å².